The molecule has 0 aliphatic carbocycles. The molecular weight excluding hydrogens is 769 g/mol. The van der Waals surface area contributed by atoms with Crippen molar-refractivity contribution in [3.63, 3.8) is 0 Å². The van der Waals surface area contributed by atoms with E-state index in [1.807, 2.05) is 0 Å². The minimum atomic E-state index is -0.806. The summed E-state index contributed by atoms with van der Waals surface area (Å²) in [5, 5.41) is 0. The molecule has 0 fully saturated rings. The van der Waals surface area contributed by atoms with E-state index >= 15 is 0 Å². The van der Waals surface area contributed by atoms with Crippen molar-refractivity contribution in [2.45, 2.75) is 213 Å². The largest absolute Gasteiger partial charge is 0.462 e. The lowest BCUT2D eigenvalue weighted by Crippen LogP contribution is -2.30. The zero-order valence-corrected chi connectivity index (χ0v) is 39.8. The molecule has 0 heterocycles. The van der Waals surface area contributed by atoms with Crippen molar-refractivity contribution in [2.75, 3.05) is 13.2 Å². The Morgan fingerprint density at radius 1 is 0.339 bits per heavy atom. The third kappa shape index (κ3) is 47.1. The molecular formula is C56H90O6. The molecule has 0 aliphatic heterocycles. The molecule has 0 amide bonds. The lowest BCUT2D eigenvalue weighted by Gasteiger charge is -2.18. The van der Waals surface area contributed by atoms with Crippen molar-refractivity contribution in [1.29, 1.82) is 0 Å². The van der Waals surface area contributed by atoms with Crippen molar-refractivity contribution in [2.24, 2.45) is 0 Å². The van der Waals surface area contributed by atoms with E-state index in [1.165, 1.54) is 32.1 Å². The van der Waals surface area contributed by atoms with Crippen molar-refractivity contribution in [3.8, 4) is 0 Å². The highest BCUT2D eigenvalue weighted by atomic mass is 16.6. The summed E-state index contributed by atoms with van der Waals surface area (Å²) in [6, 6.07) is 0. The van der Waals surface area contributed by atoms with Crippen LogP contribution in [0.3, 0.4) is 0 Å². The topological polar surface area (TPSA) is 78.9 Å². The van der Waals surface area contributed by atoms with Gasteiger partial charge in [-0.05, 0) is 103 Å². The van der Waals surface area contributed by atoms with Crippen LogP contribution in [-0.2, 0) is 28.6 Å². The average molecular weight is 859 g/mol. The number of carbonyl (C=O) groups is 3. The maximum absolute atomic E-state index is 12.7. The second-order valence-electron chi connectivity index (χ2n) is 16.0. The highest BCUT2D eigenvalue weighted by molar-refractivity contribution is 5.71. The summed E-state index contributed by atoms with van der Waals surface area (Å²) in [6.45, 7) is 6.31. The van der Waals surface area contributed by atoms with Crippen molar-refractivity contribution >= 4 is 17.9 Å². The number of unbranched alkanes of at least 4 members (excludes halogenated alkanes) is 14. The van der Waals surface area contributed by atoms with Crippen molar-refractivity contribution in [3.05, 3.63) is 109 Å². The molecule has 6 heteroatoms. The molecule has 0 aromatic rings. The Hall–Kier alpha value is -3.93. The first-order valence-electron chi connectivity index (χ1n) is 24.9. The van der Waals surface area contributed by atoms with Crippen LogP contribution >= 0.6 is 0 Å². The second kappa shape index (κ2) is 49.7. The molecule has 0 aliphatic rings. The summed E-state index contributed by atoms with van der Waals surface area (Å²) in [4.78, 5) is 37.8. The van der Waals surface area contributed by atoms with Gasteiger partial charge in [-0.15, -0.1) is 0 Å². The van der Waals surface area contributed by atoms with Crippen LogP contribution in [0.1, 0.15) is 207 Å². The molecule has 0 N–H and O–H groups in total. The van der Waals surface area contributed by atoms with E-state index in [0.29, 0.717) is 19.3 Å². The molecule has 6 nitrogen and oxygen atoms in total. The number of carbonyl (C=O) groups excluding carboxylic acids is 3. The minimum Gasteiger partial charge on any atom is -0.462 e. The van der Waals surface area contributed by atoms with Gasteiger partial charge in [0.1, 0.15) is 13.2 Å². The SMILES string of the molecule is CC/C=C\C/C=C\C/C=C\C/C=C\C/C=C\CCCCCCCC(=O)OCC(COC(=O)CCCCCCCCCC)OC(=O)CCCC/C=C\C/C=C\C/C=C\C/C=C\CC. The van der Waals surface area contributed by atoms with Crippen LogP contribution in [0, 0.1) is 0 Å². The Balaban J connectivity index is 4.41. The Labute approximate surface area is 380 Å². The van der Waals surface area contributed by atoms with Gasteiger partial charge in [0, 0.05) is 19.3 Å². The standard InChI is InChI=1S/C56H90O6/c1-4-7-10-13-16-19-21-23-25-26-27-28-29-30-32-33-35-37-40-43-46-49-55(58)61-52-53(51-60-54(57)48-45-42-39-18-15-12-9-6-3)62-56(59)50-47-44-41-38-36-34-31-24-22-20-17-14-11-8-5-2/h7-8,10-11,16-17,19-20,23-25,27-28,30-32,36,38,53H,4-6,9,12-15,18,21-22,26,29,33-35,37,39-52H2,1-3H3/b10-7-,11-8-,19-16-,20-17-,25-23-,28-27-,31-24-,32-30-,38-36-. The number of esters is 3. The number of hydrogen-bond acceptors (Lipinski definition) is 6. The van der Waals surface area contributed by atoms with Gasteiger partial charge in [-0.25, -0.2) is 0 Å². The molecule has 0 aromatic carbocycles. The number of allylic oxidation sites excluding steroid dienone is 18. The molecule has 0 bridgehead atoms. The Morgan fingerprint density at radius 2 is 0.629 bits per heavy atom. The van der Waals surface area contributed by atoms with Gasteiger partial charge >= 0.3 is 17.9 Å². The van der Waals surface area contributed by atoms with Gasteiger partial charge in [-0.1, -0.05) is 194 Å². The molecule has 0 radical (unpaired) electrons. The van der Waals surface area contributed by atoms with E-state index in [-0.39, 0.29) is 37.5 Å². The maximum Gasteiger partial charge on any atom is 0.306 e. The van der Waals surface area contributed by atoms with Crippen molar-refractivity contribution in [1.82, 2.24) is 0 Å². The molecule has 1 atom stereocenters. The lowest BCUT2D eigenvalue weighted by atomic mass is 10.1. The van der Waals surface area contributed by atoms with E-state index in [1.54, 1.807) is 0 Å². The first-order valence-corrected chi connectivity index (χ1v) is 24.9. The molecule has 0 spiro atoms. The van der Waals surface area contributed by atoms with Gasteiger partial charge in [-0.3, -0.25) is 14.4 Å². The zero-order valence-electron chi connectivity index (χ0n) is 39.8. The first kappa shape index (κ1) is 58.1. The van der Waals surface area contributed by atoms with Gasteiger partial charge < -0.3 is 14.2 Å². The highest BCUT2D eigenvalue weighted by Crippen LogP contribution is 2.12. The maximum atomic E-state index is 12.7. The first-order chi connectivity index (χ1) is 30.5. The summed E-state index contributed by atoms with van der Waals surface area (Å²) >= 11 is 0. The minimum absolute atomic E-state index is 0.102. The Morgan fingerprint density at radius 3 is 1.02 bits per heavy atom. The summed E-state index contributed by atoms with van der Waals surface area (Å²) in [5.41, 5.74) is 0. The van der Waals surface area contributed by atoms with Gasteiger partial charge in [0.15, 0.2) is 6.10 Å². The Kier molecular flexibility index (Phi) is 46.6. The summed E-state index contributed by atoms with van der Waals surface area (Å²) in [7, 11) is 0. The fourth-order valence-corrected chi connectivity index (χ4v) is 6.34. The van der Waals surface area contributed by atoms with Crippen LogP contribution in [0.15, 0.2) is 109 Å². The van der Waals surface area contributed by atoms with Crippen LogP contribution in [-0.4, -0.2) is 37.2 Å². The number of ether oxygens (including phenoxy) is 3. The third-order valence-electron chi connectivity index (χ3n) is 10.0. The lowest BCUT2D eigenvalue weighted by molar-refractivity contribution is -0.167. The third-order valence-corrected chi connectivity index (χ3v) is 10.0. The predicted octanol–water partition coefficient (Wildman–Crippen LogP) is 16.4. The van der Waals surface area contributed by atoms with E-state index in [9.17, 15) is 14.4 Å². The molecule has 0 saturated carbocycles. The molecule has 0 aromatic heterocycles. The van der Waals surface area contributed by atoms with Gasteiger partial charge in [0.25, 0.3) is 0 Å². The van der Waals surface area contributed by atoms with Crippen LogP contribution in [0.25, 0.3) is 0 Å². The fourth-order valence-electron chi connectivity index (χ4n) is 6.34. The molecule has 1 unspecified atom stereocenters. The zero-order chi connectivity index (χ0) is 45.1. The van der Waals surface area contributed by atoms with Gasteiger partial charge in [-0.2, -0.15) is 0 Å². The summed E-state index contributed by atoms with van der Waals surface area (Å²) < 4.78 is 16.7. The van der Waals surface area contributed by atoms with Gasteiger partial charge in [0.2, 0.25) is 0 Å². The molecule has 62 heavy (non-hydrogen) atoms. The van der Waals surface area contributed by atoms with Crippen LogP contribution in [0.2, 0.25) is 0 Å². The fraction of sp³-hybridized carbons (Fsp3) is 0.625. The monoisotopic (exact) mass is 859 g/mol. The number of hydrogen-bond donors (Lipinski definition) is 0. The van der Waals surface area contributed by atoms with E-state index < -0.39 is 6.10 Å². The van der Waals surface area contributed by atoms with E-state index in [0.717, 1.165) is 128 Å². The highest BCUT2D eigenvalue weighted by Gasteiger charge is 2.19. The normalized spacial score (nSPS) is 13.0. The van der Waals surface area contributed by atoms with Crippen molar-refractivity contribution < 1.29 is 28.6 Å². The van der Waals surface area contributed by atoms with Crippen LogP contribution in [0.4, 0.5) is 0 Å². The predicted molar refractivity (Wildman–Crippen MR) is 265 cm³/mol. The number of rotatable bonds is 43. The molecule has 350 valence electrons. The average Bonchev–Trinajstić information content (AvgIpc) is 3.27. The summed E-state index contributed by atoms with van der Waals surface area (Å²) in [5.74, 6) is -0.976. The smallest absolute Gasteiger partial charge is 0.306 e. The van der Waals surface area contributed by atoms with Crippen LogP contribution in [0.5, 0.6) is 0 Å². The molecule has 0 saturated heterocycles. The molecule has 0 rings (SSSR count). The van der Waals surface area contributed by atoms with E-state index in [2.05, 4.69) is 130 Å². The second-order valence-corrected chi connectivity index (χ2v) is 16.0. The Bertz CT molecular complexity index is 1310. The van der Waals surface area contributed by atoms with Crippen LogP contribution < -0.4 is 0 Å². The van der Waals surface area contributed by atoms with Gasteiger partial charge in [0.05, 0.1) is 0 Å². The summed E-state index contributed by atoms with van der Waals surface area (Å²) in [6.07, 6.45) is 66.5. The van der Waals surface area contributed by atoms with E-state index in [4.69, 9.17) is 14.2 Å². The quantitative estimate of drug-likeness (QED) is 0.0263.